The number of hydrogen-bond donors (Lipinski definition) is 2. The molecule has 0 aliphatic carbocycles. The van der Waals surface area contributed by atoms with Crippen molar-refractivity contribution in [2.75, 3.05) is 6.54 Å². The average molecular weight is 210 g/mol. The highest BCUT2D eigenvalue weighted by Gasteiger charge is 2.10. The highest BCUT2D eigenvalue weighted by Crippen LogP contribution is 2.07. The number of rotatable bonds is 4. The van der Waals surface area contributed by atoms with E-state index in [-0.39, 0.29) is 5.54 Å². The van der Waals surface area contributed by atoms with Crippen LogP contribution in [0, 0.1) is 0 Å². The quantitative estimate of drug-likeness (QED) is 0.797. The summed E-state index contributed by atoms with van der Waals surface area (Å²) in [6, 6.07) is 0. The Hall–Kier alpha value is -0.900. The van der Waals surface area contributed by atoms with Gasteiger partial charge < -0.3 is 5.32 Å². The number of nitrogens with zero attached hydrogens (tertiary/aromatic N) is 2. The summed E-state index contributed by atoms with van der Waals surface area (Å²) in [5.41, 5.74) is 0.168. The van der Waals surface area contributed by atoms with Crippen LogP contribution in [0.25, 0.3) is 0 Å². The van der Waals surface area contributed by atoms with Gasteiger partial charge in [0, 0.05) is 24.4 Å². The molecule has 1 heterocycles. The first kappa shape index (κ1) is 12.2. The maximum absolute atomic E-state index is 4.42. The van der Waals surface area contributed by atoms with Crippen LogP contribution in [-0.2, 0) is 6.42 Å². The lowest BCUT2D eigenvalue weighted by Gasteiger charge is -2.19. The van der Waals surface area contributed by atoms with Crippen molar-refractivity contribution in [3.05, 3.63) is 11.6 Å². The third-order valence-corrected chi connectivity index (χ3v) is 2.08. The Labute approximate surface area is 91.9 Å². The summed E-state index contributed by atoms with van der Waals surface area (Å²) >= 11 is 0. The summed E-state index contributed by atoms with van der Waals surface area (Å²) in [5.74, 6) is 2.27. The van der Waals surface area contributed by atoms with Gasteiger partial charge in [-0.15, -0.1) is 0 Å². The lowest BCUT2D eigenvalue weighted by molar-refractivity contribution is 0.427. The second-order valence-electron chi connectivity index (χ2n) is 5.22. The molecule has 0 amide bonds. The molecule has 0 aliphatic heterocycles. The molecule has 86 valence electrons. The van der Waals surface area contributed by atoms with E-state index in [9.17, 15) is 0 Å². The molecule has 0 atom stereocenters. The number of aromatic nitrogens is 3. The van der Waals surface area contributed by atoms with E-state index in [4.69, 9.17) is 0 Å². The zero-order valence-corrected chi connectivity index (χ0v) is 10.4. The minimum atomic E-state index is 0.168. The van der Waals surface area contributed by atoms with Gasteiger partial charge in [-0.05, 0) is 20.8 Å². The fourth-order valence-electron chi connectivity index (χ4n) is 1.24. The van der Waals surface area contributed by atoms with Crippen molar-refractivity contribution in [1.29, 1.82) is 0 Å². The fourth-order valence-corrected chi connectivity index (χ4v) is 1.24. The maximum Gasteiger partial charge on any atom is 0.153 e. The smallest absolute Gasteiger partial charge is 0.153 e. The van der Waals surface area contributed by atoms with Crippen LogP contribution >= 0.6 is 0 Å². The van der Waals surface area contributed by atoms with E-state index in [2.05, 4.69) is 55.1 Å². The van der Waals surface area contributed by atoms with E-state index < -0.39 is 0 Å². The summed E-state index contributed by atoms with van der Waals surface area (Å²) < 4.78 is 0. The van der Waals surface area contributed by atoms with Crippen LogP contribution in [-0.4, -0.2) is 27.3 Å². The third kappa shape index (κ3) is 4.42. The zero-order valence-electron chi connectivity index (χ0n) is 10.4. The summed E-state index contributed by atoms with van der Waals surface area (Å²) in [7, 11) is 0. The fraction of sp³-hybridized carbons (Fsp3) is 0.818. The monoisotopic (exact) mass is 210 g/mol. The van der Waals surface area contributed by atoms with E-state index in [0.29, 0.717) is 5.92 Å². The van der Waals surface area contributed by atoms with Crippen molar-refractivity contribution in [1.82, 2.24) is 20.5 Å². The van der Waals surface area contributed by atoms with Gasteiger partial charge in [0.15, 0.2) is 5.82 Å². The molecule has 0 bridgehead atoms. The summed E-state index contributed by atoms with van der Waals surface area (Å²) in [4.78, 5) is 4.42. The molecule has 0 fully saturated rings. The maximum atomic E-state index is 4.42. The second kappa shape index (κ2) is 4.75. The molecule has 2 N–H and O–H groups in total. The van der Waals surface area contributed by atoms with Crippen molar-refractivity contribution in [2.45, 2.75) is 52.5 Å². The Balaban J connectivity index is 2.38. The van der Waals surface area contributed by atoms with Gasteiger partial charge in [-0.3, -0.25) is 5.10 Å². The van der Waals surface area contributed by atoms with Crippen molar-refractivity contribution in [3.8, 4) is 0 Å². The Morgan fingerprint density at radius 1 is 1.33 bits per heavy atom. The molecular formula is C11H22N4. The molecule has 1 aromatic heterocycles. The molecule has 4 nitrogen and oxygen atoms in total. The van der Waals surface area contributed by atoms with Crippen LogP contribution in [0.3, 0.4) is 0 Å². The molecule has 0 saturated heterocycles. The van der Waals surface area contributed by atoms with Gasteiger partial charge in [-0.25, -0.2) is 4.98 Å². The van der Waals surface area contributed by atoms with Crippen molar-refractivity contribution < 1.29 is 0 Å². The SMILES string of the molecule is CC(C)c1n[nH]c(CCNC(C)(C)C)n1. The first-order chi connectivity index (χ1) is 6.88. The van der Waals surface area contributed by atoms with Gasteiger partial charge in [-0.1, -0.05) is 13.8 Å². The largest absolute Gasteiger partial charge is 0.312 e. The third-order valence-electron chi connectivity index (χ3n) is 2.08. The van der Waals surface area contributed by atoms with Crippen LogP contribution in [0.1, 0.15) is 52.2 Å². The Kier molecular flexibility index (Phi) is 3.85. The molecule has 0 aliphatic rings. The highest BCUT2D eigenvalue weighted by molar-refractivity contribution is 4.95. The standard InChI is InChI=1S/C11H22N4/c1-8(2)10-13-9(14-15-10)6-7-12-11(3,4)5/h8,12H,6-7H2,1-5H3,(H,13,14,15). The molecule has 15 heavy (non-hydrogen) atoms. The average Bonchev–Trinajstić information content (AvgIpc) is 2.50. The van der Waals surface area contributed by atoms with Gasteiger partial charge >= 0.3 is 0 Å². The van der Waals surface area contributed by atoms with E-state index in [0.717, 1.165) is 24.6 Å². The second-order valence-corrected chi connectivity index (χ2v) is 5.22. The molecular weight excluding hydrogens is 188 g/mol. The van der Waals surface area contributed by atoms with Crippen molar-refractivity contribution in [2.24, 2.45) is 0 Å². The van der Waals surface area contributed by atoms with Crippen LogP contribution in [0.15, 0.2) is 0 Å². The van der Waals surface area contributed by atoms with Crippen LogP contribution in [0.4, 0.5) is 0 Å². The zero-order chi connectivity index (χ0) is 11.5. The normalized spacial score (nSPS) is 12.4. The van der Waals surface area contributed by atoms with Crippen molar-refractivity contribution >= 4 is 0 Å². The van der Waals surface area contributed by atoms with Crippen LogP contribution in [0.2, 0.25) is 0 Å². The number of H-pyrrole nitrogens is 1. The minimum Gasteiger partial charge on any atom is -0.312 e. The molecule has 0 aromatic carbocycles. The number of aromatic amines is 1. The van der Waals surface area contributed by atoms with Crippen molar-refractivity contribution in [3.63, 3.8) is 0 Å². The summed E-state index contributed by atoms with van der Waals surface area (Å²) in [5, 5.41) is 10.6. The highest BCUT2D eigenvalue weighted by atomic mass is 15.2. The minimum absolute atomic E-state index is 0.168. The molecule has 0 saturated carbocycles. The van der Waals surface area contributed by atoms with Gasteiger partial charge in [0.2, 0.25) is 0 Å². The van der Waals surface area contributed by atoms with Crippen LogP contribution < -0.4 is 5.32 Å². The van der Waals surface area contributed by atoms with Gasteiger partial charge in [-0.2, -0.15) is 5.10 Å². The lowest BCUT2D eigenvalue weighted by atomic mass is 10.1. The van der Waals surface area contributed by atoms with Gasteiger partial charge in [0.25, 0.3) is 0 Å². The van der Waals surface area contributed by atoms with Gasteiger partial charge in [0.1, 0.15) is 5.82 Å². The predicted molar refractivity (Wildman–Crippen MR) is 61.9 cm³/mol. The molecule has 1 rings (SSSR count). The first-order valence-electron chi connectivity index (χ1n) is 5.54. The number of hydrogen-bond acceptors (Lipinski definition) is 3. The van der Waals surface area contributed by atoms with E-state index in [1.54, 1.807) is 0 Å². The summed E-state index contributed by atoms with van der Waals surface area (Å²) in [6.07, 6.45) is 0.900. The van der Waals surface area contributed by atoms with E-state index in [1.807, 2.05) is 0 Å². The van der Waals surface area contributed by atoms with E-state index >= 15 is 0 Å². The lowest BCUT2D eigenvalue weighted by Crippen LogP contribution is -2.37. The summed E-state index contributed by atoms with van der Waals surface area (Å²) in [6.45, 7) is 11.6. The predicted octanol–water partition coefficient (Wildman–Crippen LogP) is 1.86. The van der Waals surface area contributed by atoms with Crippen LogP contribution in [0.5, 0.6) is 0 Å². The Morgan fingerprint density at radius 3 is 2.47 bits per heavy atom. The molecule has 0 unspecified atom stereocenters. The van der Waals surface area contributed by atoms with E-state index in [1.165, 1.54) is 0 Å². The molecule has 1 aromatic rings. The topological polar surface area (TPSA) is 53.6 Å². The molecule has 0 radical (unpaired) electrons. The number of nitrogens with one attached hydrogen (secondary N) is 2. The van der Waals surface area contributed by atoms with Gasteiger partial charge in [0.05, 0.1) is 0 Å². The molecule has 0 spiro atoms. The Bertz CT molecular complexity index is 296. The Morgan fingerprint density at radius 2 is 2.00 bits per heavy atom. The molecule has 4 heteroatoms. The first-order valence-corrected chi connectivity index (χ1v) is 5.54.